The summed E-state index contributed by atoms with van der Waals surface area (Å²) in [7, 11) is 0. The topological polar surface area (TPSA) is 58.1 Å². The van der Waals surface area contributed by atoms with Crippen molar-refractivity contribution in [3.63, 3.8) is 0 Å². The predicted octanol–water partition coefficient (Wildman–Crippen LogP) is 4.82. The lowest BCUT2D eigenvalue weighted by Crippen LogP contribution is -2.27. The Morgan fingerprint density at radius 1 is 1.26 bits per heavy atom. The summed E-state index contributed by atoms with van der Waals surface area (Å²) in [4.78, 5) is 12.8. The Kier molecular flexibility index (Phi) is 5.17. The van der Waals surface area contributed by atoms with Crippen LogP contribution in [0.15, 0.2) is 46.3 Å². The molecule has 7 heteroatoms. The average molecular weight is 373 g/mol. The predicted molar refractivity (Wildman–Crippen MR) is 96.3 cm³/mol. The van der Waals surface area contributed by atoms with Gasteiger partial charge in [-0.3, -0.25) is 4.79 Å². The molecule has 0 spiro atoms. The molecule has 1 saturated carbocycles. The van der Waals surface area contributed by atoms with Gasteiger partial charge in [-0.2, -0.15) is 28.2 Å². The van der Waals surface area contributed by atoms with Crippen molar-refractivity contribution in [1.82, 2.24) is 4.68 Å². The van der Waals surface area contributed by atoms with Gasteiger partial charge in [-0.25, -0.2) is 0 Å². The van der Waals surface area contributed by atoms with Crippen molar-refractivity contribution < 1.29 is 13.2 Å². The van der Waals surface area contributed by atoms with Crippen molar-refractivity contribution in [2.45, 2.75) is 38.8 Å². The molecule has 0 bridgehead atoms. The highest BCUT2D eigenvalue weighted by atomic mass is 19.4. The number of hydrogen-bond donors (Lipinski definition) is 0. The van der Waals surface area contributed by atoms with E-state index in [2.05, 4.69) is 12.0 Å². The number of rotatable bonds is 2. The molecule has 0 N–H and O–H groups in total. The zero-order chi connectivity index (χ0) is 19.6. The molecule has 3 rings (SSSR count). The number of nitrogens with zero attached hydrogens (tertiary/aromatic N) is 3. The first-order chi connectivity index (χ1) is 12.8. The van der Waals surface area contributed by atoms with Gasteiger partial charge in [0.05, 0.1) is 11.3 Å². The van der Waals surface area contributed by atoms with Crippen LogP contribution in [-0.4, -0.2) is 10.4 Å². The molecule has 1 aromatic carbocycles. The van der Waals surface area contributed by atoms with E-state index in [1.54, 1.807) is 30.3 Å². The van der Waals surface area contributed by atoms with E-state index < -0.39 is 22.9 Å². The fourth-order valence-corrected chi connectivity index (χ4v) is 3.34. The van der Waals surface area contributed by atoms with Gasteiger partial charge in [0, 0.05) is 11.3 Å². The highest BCUT2D eigenvalue weighted by Crippen LogP contribution is 2.33. The Balaban J connectivity index is 2.29. The Morgan fingerprint density at radius 2 is 1.96 bits per heavy atom. The molecule has 0 aliphatic heterocycles. The van der Waals surface area contributed by atoms with Crippen LogP contribution in [-0.2, 0) is 6.18 Å². The third kappa shape index (κ3) is 3.95. The Labute approximate surface area is 154 Å². The smallest absolute Gasteiger partial charge is 0.266 e. The molecule has 1 aromatic heterocycles. The molecule has 0 amide bonds. The van der Waals surface area contributed by atoms with E-state index in [9.17, 15) is 23.2 Å². The number of nitriles is 1. The van der Waals surface area contributed by atoms with Gasteiger partial charge >= 0.3 is 6.18 Å². The number of aromatic nitrogens is 1. The Bertz CT molecular complexity index is 969. The summed E-state index contributed by atoms with van der Waals surface area (Å²) < 4.78 is 41.2. The van der Waals surface area contributed by atoms with Crippen molar-refractivity contribution >= 4 is 5.71 Å². The van der Waals surface area contributed by atoms with Crippen LogP contribution in [0.5, 0.6) is 0 Å². The minimum atomic E-state index is -4.81. The van der Waals surface area contributed by atoms with Crippen LogP contribution in [0, 0.1) is 17.2 Å². The van der Waals surface area contributed by atoms with Gasteiger partial charge in [-0.05, 0) is 37.7 Å². The monoisotopic (exact) mass is 373 g/mol. The second-order valence-electron chi connectivity index (χ2n) is 6.78. The number of alkyl halides is 3. The first-order valence-electron chi connectivity index (χ1n) is 8.70. The number of hydrogen-bond acceptors (Lipinski definition) is 3. The summed E-state index contributed by atoms with van der Waals surface area (Å²) in [5, 5.41) is 13.6. The minimum Gasteiger partial charge on any atom is -0.266 e. The summed E-state index contributed by atoms with van der Waals surface area (Å²) in [5.41, 5.74) is -2.00. The van der Waals surface area contributed by atoms with Crippen LogP contribution in [0.2, 0.25) is 0 Å². The molecular formula is C20H18F3N3O. The highest BCUT2D eigenvalue weighted by Gasteiger charge is 2.36. The molecule has 1 unspecified atom stereocenters. The largest absolute Gasteiger partial charge is 0.417 e. The second-order valence-corrected chi connectivity index (χ2v) is 6.78. The third-order valence-electron chi connectivity index (χ3n) is 4.66. The van der Waals surface area contributed by atoms with Crippen molar-refractivity contribution in [2.75, 3.05) is 0 Å². The Hall–Kier alpha value is -2.88. The lowest BCUT2D eigenvalue weighted by Gasteiger charge is -2.20. The minimum absolute atomic E-state index is 0.0256. The van der Waals surface area contributed by atoms with Crippen LogP contribution in [0.4, 0.5) is 13.2 Å². The van der Waals surface area contributed by atoms with E-state index in [0.717, 1.165) is 29.3 Å². The summed E-state index contributed by atoms with van der Waals surface area (Å²) in [6, 6.07) is 10.6. The maximum absolute atomic E-state index is 13.4. The van der Waals surface area contributed by atoms with E-state index in [1.165, 1.54) is 6.07 Å². The maximum atomic E-state index is 13.4. The number of halogens is 3. The van der Waals surface area contributed by atoms with Gasteiger partial charge in [0.15, 0.2) is 0 Å². The van der Waals surface area contributed by atoms with E-state index >= 15 is 0 Å². The molecule has 140 valence electrons. The lowest BCUT2D eigenvalue weighted by atomic mass is 9.89. The lowest BCUT2D eigenvalue weighted by molar-refractivity contribution is -0.137. The summed E-state index contributed by atoms with van der Waals surface area (Å²) in [5.74, 6) is 0.401. The van der Waals surface area contributed by atoms with Crippen LogP contribution >= 0.6 is 0 Å². The zero-order valence-corrected chi connectivity index (χ0v) is 14.8. The van der Waals surface area contributed by atoms with Gasteiger partial charge in [0.2, 0.25) is 0 Å². The SMILES string of the molecule is CC1CCC/C(=N\n2c(-c3ccccc3)cc(C(F)(F)F)c(C#N)c2=O)C1. The Morgan fingerprint density at radius 3 is 2.56 bits per heavy atom. The molecule has 1 aliphatic carbocycles. The molecule has 1 heterocycles. The quantitative estimate of drug-likeness (QED) is 0.758. The standard InChI is InChI=1S/C20H18F3N3O/c1-13-6-5-9-15(10-13)25-26-18(14-7-3-2-4-8-14)11-17(20(21,22)23)16(12-24)19(26)27/h2-4,7-8,11,13H,5-6,9-10H2,1H3/b25-15+. The fraction of sp³-hybridized carbons (Fsp3) is 0.350. The first kappa shape index (κ1) is 18.9. The van der Waals surface area contributed by atoms with E-state index in [0.29, 0.717) is 24.3 Å². The summed E-state index contributed by atoms with van der Waals surface area (Å²) >= 11 is 0. The molecule has 27 heavy (non-hydrogen) atoms. The van der Waals surface area contributed by atoms with E-state index in [1.807, 2.05) is 0 Å². The molecule has 1 fully saturated rings. The average Bonchev–Trinajstić information content (AvgIpc) is 2.63. The molecular weight excluding hydrogens is 355 g/mol. The molecule has 1 atom stereocenters. The summed E-state index contributed by atoms with van der Waals surface area (Å²) in [6.07, 6.45) is -1.46. The van der Waals surface area contributed by atoms with Gasteiger partial charge < -0.3 is 0 Å². The third-order valence-corrected chi connectivity index (χ3v) is 4.66. The van der Waals surface area contributed by atoms with Crippen molar-refractivity contribution in [2.24, 2.45) is 11.0 Å². The van der Waals surface area contributed by atoms with Gasteiger partial charge in [-0.1, -0.05) is 37.3 Å². The van der Waals surface area contributed by atoms with Crippen molar-refractivity contribution in [1.29, 1.82) is 5.26 Å². The molecule has 1 aliphatic rings. The number of benzene rings is 1. The number of pyridine rings is 1. The van der Waals surface area contributed by atoms with E-state index in [4.69, 9.17) is 0 Å². The summed E-state index contributed by atoms with van der Waals surface area (Å²) in [6.45, 7) is 2.07. The van der Waals surface area contributed by atoms with Gasteiger partial charge in [0.25, 0.3) is 5.56 Å². The van der Waals surface area contributed by atoms with Gasteiger partial charge in [0.1, 0.15) is 11.6 Å². The van der Waals surface area contributed by atoms with Crippen LogP contribution in [0.1, 0.15) is 43.7 Å². The molecule has 4 nitrogen and oxygen atoms in total. The molecule has 2 aromatic rings. The van der Waals surface area contributed by atoms with Crippen LogP contribution in [0.3, 0.4) is 0 Å². The van der Waals surface area contributed by atoms with Crippen LogP contribution < -0.4 is 5.56 Å². The normalized spacial score (nSPS) is 19.1. The highest BCUT2D eigenvalue weighted by molar-refractivity contribution is 5.85. The fourth-order valence-electron chi connectivity index (χ4n) is 3.34. The molecule has 0 saturated heterocycles. The van der Waals surface area contributed by atoms with E-state index in [-0.39, 0.29) is 5.69 Å². The maximum Gasteiger partial charge on any atom is 0.417 e. The van der Waals surface area contributed by atoms with Crippen LogP contribution in [0.25, 0.3) is 11.3 Å². The molecule has 0 radical (unpaired) electrons. The van der Waals surface area contributed by atoms with Crippen molar-refractivity contribution in [3.8, 4) is 17.3 Å². The van der Waals surface area contributed by atoms with Crippen molar-refractivity contribution in [3.05, 3.63) is 57.9 Å². The zero-order valence-electron chi connectivity index (χ0n) is 14.8. The second kappa shape index (κ2) is 7.39. The first-order valence-corrected chi connectivity index (χ1v) is 8.70. The van der Waals surface area contributed by atoms with Gasteiger partial charge in [-0.15, -0.1) is 0 Å².